The van der Waals surface area contributed by atoms with E-state index in [1.165, 1.54) is 20.1 Å². The maximum absolute atomic E-state index is 5.57. The molecule has 1 aliphatic carbocycles. The molecule has 15 heavy (non-hydrogen) atoms. The Morgan fingerprint density at radius 1 is 1.27 bits per heavy atom. The predicted octanol–water partition coefficient (Wildman–Crippen LogP) is 4.48. The van der Waals surface area contributed by atoms with Crippen LogP contribution in [0.4, 0.5) is 0 Å². The highest BCUT2D eigenvalue weighted by Gasteiger charge is 2.27. The van der Waals surface area contributed by atoms with Gasteiger partial charge in [-0.2, -0.15) is 0 Å². The molecule has 0 radical (unpaired) electrons. The van der Waals surface area contributed by atoms with E-state index in [9.17, 15) is 0 Å². The van der Waals surface area contributed by atoms with Crippen LogP contribution in [0, 0.1) is 5.92 Å². The summed E-state index contributed by atoms with van der Waals surface area (Å²) in [6.45, 7) is 2.28. The molecular formula is C12H14Br2O. The minimum absolute atomic E-state index is 0.232. The lowest BCUT2D eigenvalue weighted by atomic mass is 9.83. The Bertz CT molecular complexity index is 376. The van der Waals surface area contributed by atoms with Gasteiger partial charge in [-0.1, -0.05) is 38.8 Å². The maximum atomic E-state index is 5.57. The summed E-state index contributed by atoms with van der Waals surface area (Å²) in [4.78, 5) is 0. The number of methoxy groups -OCH3 is 1. The fourth-order valence-corrected chi connectivity index (χ4v) is 3.43. The van der Waals surface area contributed by atoms with Crippen molar-refractivity contribution in [2.75, 3.05) is 7.11 Å². The molecule has 3 heteroatoms. The molecule has 2 rings (SSSR count). The standard InChI is InChI=1S/C12H14Br2O/c1-7-5-8-9(13)3-4-10(14)12(8)11(6-7)15-2/h3-4,7,11H,5-6H2,1-2H3. The van der Waals surface area contributed by atoms with Crippen molar-refractivity contribution in [1.29, 1.82) is 0 Å². The quantitative estimate of drug-likeness (QED) is 0.736. The van der Waals surface area contributed by atoms with E-state index in [2.05, 4.69) is 50.9 Å². The first-order chi connectivity index (χ1) is 7.13. The topological polar surface area (TPSA) is 9.23 Å². The third-order valence-corrected chi connectivity index (χ3v) is 4.46. The highest BCUT2D eigenvalue weighted by atomic mass is 79.9. The molecule has 1 nitrogen and oxygen atoms in total. The van der Waals surface area contributed by atoms with Crippen LogP contribution in [-0.4, -0.2) is 7.11 Å². The van der Waals surface area contributed by atoms with Crippen LogP contribution in [0.25, 0.3) is 0 Å². The zero-order valence-corrected chi connectivity index (χ0v) is 12.1. The summed E-state index contributed by atoms with van der Waals surface area (Å²) in [6, 6.07) is 4.19. The lowest BCUT2D eigenvalue weighted by molar-refractivity contribution is 0.0737. The third-order valence-electron chi connectivity index (χ3n) is 3.02. The van der Waals surface area contributed by atoms with E-state index < -0.39 is 0 Å². The summed E-state index contributed by atoms with van der Waals surface area (Å²) in [6.07, 6.45) is 2.48. The second-order valence-electron chi connectivity index (χ2n) is 4.19. The number of benzene rings is 1. The molecule has 0 spiro atoms. The largest absolute Gasteiger partial charge is 0.377 e. The van der Waals surface area contributed by atoms with E-state index in [-0.39, 0.29) is 6.10 Å². The van der Waals surface area contributed by atoms with Crippen molar-refractivity contribution in [2.24, 2.45) is 5.92 Å². The number of halogens is 2. The van der Waals surface area contributed by atoms with Gasteiger partial charge in [-0.3, -0.25) is 0 Å². The van der Waals surface area contributed by atoms with Gasteiger partial charge >= 0.3 is 0 Å². The van der Waals surface area contributed by atoms with Crippen molar-refractivity contribution in [3.05, 3.63) is 32.2 Å². The fraction of sp³-hybridized carbons (Fsp3) is 0.500. The molecule has 0 aromatic heterocycles. The molecule has 1 aromatic rings. The number of hydrogen-bond acceptors (Lipinski definition) is 1. The molecule has 1 aliphatic rings. The summed E-state index contributed by atoms with van der Waals surface area (Å²) in [5.74, 6) is 0.688. The number of ether oxygens (including phenoxy) is 1. The van der Waals surface area contributed by atoms with Crippen LogP contribution >= 0.6 is 31.9 Å². The van der Waals surface area contributed by atoms with Gasteiger partial charge in [0.2, 0.25) is 0 Å². The monoisotopic (exact) mass is 332 g/mol. The Labute approximate surface area is 107 Å². The zero-order valence-electron chi connectivity index (χ0n) is 8.89. The van der Waals surface area contributed by atoms with Gasteiger partial charge < -0.3 is 4.74 Å². The Kier molecular flexibility index (Phi) is 3.53. The van der Waals surface area contributed by atoms with E-state index >= 15 is 0 Å². The predicted molar refractivity (Wildman–Crippen MR) is 69.1 cm³/mol. The van der Waals surface area contributed by atoms with E-state index in [0.29, 0.717) is 5.92 Å². The molecule has 0 fully saturated rings. The molecule has 2 unspecified atom stereocenters. The summed E-state index contributed by atoms with van der Waals surface area (Å²) in [5, 5.41) is 0. The Hall–Kier alpha value is 0.140. The molecule has 0 saturated carbocycles. The maximum Gasteiger partial charge on any atom is 0.0837 e. The van der Waals surface area contributed by atoms with Crippen molar-refractivity contribution >= 4 is 31.9 Å². The smallest absolute Gasteiger partial charge is 0.0837 e. The lowest BCUT2D eigenvalue weighted by Crippen LogP contribution is -2.19. The van der Waals surface area contributed by atoms with Gasteiger partial charge in [-0.25, -0.2) is 0 Å². The van der Waals surface area contributed by atoms with Gasteiger partial charge in [-0.05, 0) is 42.0 Å². The van der Waals surface area contributed by atoms with Crippen molar-refractivity contribution in [2.45, 2.75) is 25.9 Å². The fourth-order valence-electron chi connectivity index (χ4n) is 2.29. The first-order valence-corrected chi connectivity index (χ1v) is 6.71. The Morgan fingerprint density at radius 3 is 2.60 bits per heavy atom. The van der Waals surface area contributed by atoms with E-state index in [1.54, 1.807) is 7.11 Å². The van der Waals surface area contributed by atoms with Gasteiger partial charge in [0.25, 0.3) is 0 Å². The van der Waals surface area contributed by atoms with Crippen LogP contribution in [-0.2, 0) is 11.2 Å². The summed E-state index contributed by atoms with van der Waals surface area (Å²) < 4.78 is 7.94. The first-order valence-electron chi connectivity index (χ1n) is 5.13. The van der Waals surface area contributed by atoms with Crippen molar-refractivity contribution in [1.82, 2.24) is 0 Å². The summed E-state index contributed by atoms with van der Waals surface area (Å²) in [5.41, 5.74) is 2.72. The van der Waals surface area contributed by atoms with Gasteiger partial charge in [0, 0.05) is 16.1 Å². The van der Waals surface area contributed by atoms with Crippen LogP contribution in [0.5, 0.6) is 0 Å². The highest BCUT2D eigenvalue weighted by molar-refractivity contribution is 9.11. The van der Waals surface area contributed by atoms with Crippen LogP contribution < -0.4 is 0 Å². The zero-order chi connectivity index (χ0) is 11.0. The first kappa shape index (κ1) is 11.6. The van der Waals surface area contributed by atoms with Crippen LogP contribution in [0.15, 0.2) is 21.1 Å². The molecular weight excluding hydrogens is 320 g/mol. The molecule has 0 N–H and O–H groups in total. The van der Waals surface area contributed by atoms with Gasteiger partial charge in [0.05, 0.1) is 6.10 Å². The average molecular weight is 334 g/mol. The van der Waals surface area contributed by atoms with E-state index in [1.807, 2.05) is 0 Å². The van der Waals surface area contributed by atoms with Gasteiger partial charge in [0.15, 0.2) is 0 Å². The van der Waals surface area contributed by atoms with Crippen molar-refractivity contribution < 1.29 is 4.74 Å². The van der Waals surface area contributed by atoms with E-state index in [0.717, 1.165) is 12.8 Å². The summed E-state index contributed by atoms with van der Waals surface area (Å²) >= 11 is 7.24. The van der Waals surface area contributed by atoms with Crippen LogP contribution in [0.1, 0.15) is 30.6 Å². The second-order valence-corrected chi connectivity index (χ2v) is 5.90. The molecule has 82 valence electrons. The van der Waals surface area contributed by atoms with Crippen LogP contribution in [0.3, 0.4) is 0 Å². The molecule has 0 bridgehead atoms. The van der Waals surface area contributed by atoms with Crippen LogP contribution in [0.2, 0.25) is 0 Å². The Balaban J connectivity index is 2.54. The van der Waals surface area contributed by atoms with Gasteiger partial charge in [0.1, 0.15) is 0 Å². The number of fused-ring (bicyclic) bond motifs is 1. The lowest BCUT2D eigenvalue weighted by Gasteiger charge is -2.30. The Morgan fingerprint density at radius 2 is 1.93 bits per heavy atom. The molecule has 0 aliphatic heterocycles. The number of hydrogen-bond donors (Lipinski definition) is 0. The average Bonchev–Trinajstić information content (AvgIpc) is 2.22. The normalized spacial score (nSPS) is 25.1. The highest BCUT2D eigenvalue weighted by Crippen LogP contribution is 2.42. The third kappa shape index (κ3) is 2.15. The molecule has 2 atom stereocenters. The number of rotatable bonds is 1. The van der Waals surface area contributed by atoms with E-state index in [4.69, 9.17) is 4.74 Å². The molecule has 0 saturated heterocycles. The molecule has 0 heterocycles. The minimum atomic E-state index is 0.232. The molecule has 0 amide bonds. The molecule has 1 aromatic carbocycles. The van der Waals surface area contributed by atoms with Crippen molar-refractivity contribution in [3.63, 3.8) is 0 Å². The van der Waals surface area contributed by atoms with Crippen molar-refractivity contribution in [3.8, 4) is 0 Å². The summed E-state index contributed by atoms with van der Waals surface area (Å²) in [7, 11) is 1.79. The second kappa shape index (κ2) is 4.56. The minimum Gasteiger partial charge on any atom is -0.377 e. The SMILES string of the molecule is COC1CC(C)Cc2c(Br)ccc(Br)c21. The van der Waals surface area contributed by atoms with Gasteiger partial charge in [-0.15, -0.1) is 0 Å².